The van der Waals surface area contributed by atoms with Gasteiger partial charge in [-0.2, -0.15) is 0 Å². The Morgan fingerprint density at radius 3 is 2.55 bits per heavy atom. The van der Waals surface area contributed by atoms with E-state index in [9.17, 15) is 18.4 Å². The molecule has 3 aromatic rings. The summed E-state index contributed by atoms with van der Waals surface area (Å²) in [5, 5.41) is 2.79. The summed E-state index contributed by atoms with van der Waals surface area (Å²) in [5.74, 6) is -1.30. The summed E-state index contributed by atoms with van der Waals surface area (Å²) in [5.41, 5.74) is 7.30. The lowest BCUT2D eigenvalue weighted by Gasteiger charge is -2.15. The van der Waals surface area contributed by atoms with Gasteiger partial charge in [0.1, 0.15) is 28.5 Å². The Kier molecular flexibility index (Phi) is 8.35. The number of nitrogens with two attached hydrogens (primary N) is 1. The van der Waals surface area contributed by atoms with Crippen LogP contribution in [0.2, 0.25) is 0 Å². The third kappa shape index (κ3) is 6.27. The number of amides is 1. The van der Waals surface area contributed by atoms with E-state index in [-0.39, 0.29) is 33.9 Å². The van der Waals surface area contributed by atoms with E-state index < -0.39 is 11.6 Å². The molecule has 0 fully saturated rings. The van der Waals surface area contributed by atoms with Crippen LogP contribution in [0.3, 0.4) is 0 Å². The van der Waals surface area contributed by atoms with Crippen LogP contribution in [-0.2, 0) is 13.2 Å². The molecular formula is C24H24BrF2N3O3. The fourth-order valence-electron chi connectivity index (χ4n) is 3.16. The molecule has 0 saturated carbocycles. The van der Waals surface area contributed by atoms with Crippen LogP contribution in [0.25, 0.3) is 0 Å². The van der Waals surface area contributed by atoms with Gasteiger partial charge in [0.2, 0.25) is 0 Å². The number of aryl methyl sites for hydroxylation is 1. The van der Waals surface area contributed by atoms with Crippen LogP contribution in [0.5, 0.6) is 5.75 Å². The van der Waals surface area contributed by atoms with Gasteiger partial charge in [0.05, 0.1) is 6.54 Å². The molecule has 3 rings (SSSR count). The first kappa shape index (κ1) is 24.6. The predicted molar refractivity (Wildman–Crippen MR) is 125 cm³/mol. The van der Waals surface area contributed by atoms with Gasteiger partial charge in [-0.3, -0.25) is 9.59 Å². The molecule has 1 aromatic heterocycles. The Morgan fingerprint density at radius 1 is 1.15 bits per heavy atom. The monoisotopic (exact) mass is 519 g/mol. The Hall–Kier alpha value is -3.04. The molecule has 1 heterocycles. The quantitative estimate of drug-likeness (QED) is 0.419. The molecule has 0 atom stereocenters. The Balaban J connectivity index is 1.72. The highest BCUT2D eigenvalue weighted by Gasteiger charge is 2.14. The molecule has 33 heavy (non-hydrogen) atoms. The molecule has 0 aliphatic rings. The maximum Gasteiger partial charge on any atom is 0.269 e. The number of benzene rings is 2. The first-order valence-corrected chi connectivity index (χ1v) is 11.1. The van der Waals surface area contributed by atoms with Crippen LogP contribution in [-0.4, -0.2) is 23.6 Å². The van der Waals surface area contributed by atoms with E-state index in [2.05, 4.69) is 21.2 Å². The van der Waals surface area contributed by atoms with E-state index in [1.54, 1.807) is 41.8 Å². The van der Waals surface area contributed by atoms with Crippen molar-refractivity contribution in [2.75, 3.05) is 13.1 Å². The van der Waals surface area contributed by atoms with Crippen LogP contribution in [0.1, 0.15) is 33.6 Å². The Bertz CT molecular complexity index is 1200. The van der Waals surface area contributed by atoms with Crippen molar-refractivity contribution in [1.82, 2.24) is 9.88 Å². The Morgan fingerprint density at radius 2 is 1.88 bits per heavy atom. The van der Waals surface area contributed by atoms with Crippen LogP contribution in [0.4, 0.5) is 8.78 Å². The smallest absolute Gasteiger partial charge is 0.269 e. The van der Waals surface area contributed by atoms with E-state index in [0.717, 1.165) is 17.7 Å². The zero-order valence-electron chi connectivity index (χ0n) is 18.0. The van der Waals surface area contributed by atoms with E-state index >= 15 is 0 Å². The fraction of sp³-hybridized carbons (Fsp3) is 0.250. The third-order valence-corrected chi connectivity index (χ3v) is 5.77. The van der Waals surface area contributed by atoms with Gasteiger partial charge in [-0.25, -0.2) is 8.78 Å². The molecule has 174 valence electrons. The molecular weight excluding hydrogens is 496 g/mol. The number of halogens is 3. The van der Waals surface area contributed by atoms with Gasteiger partial charge in [-0.05, 0) is 65.6 Å². The van der Waals surface area contributed by atoms with Gasteiger partial charge < -0.3 is 20.4 Å². The molecule has 1 amide bonds. The van der Waals surface area contributed by atoms with E-state index in [4.69, 9.17) is 10.5 Å². The van der Waals surface area contributed by atoms with Crippen molar-refractivity contribution >= 4 is 21.8 Å². The largest absolute Gasteiger partial charge is 0.487 e. The topological polar surface area (TPSA) is 86.3 Å². The number of nitrogens with zero attached hydrogens (tertiary/aromatic N) is 1. The van der Waals surface area contributed by atoms with E-state index in [1.165, 1.54) is 6.07 Å². The minimum atomic E-state index is -0.715. The number of pyridine rings is 1. The molecule has 3 N–H and O–H groups in total. The van der Waals surface area contributed by atoms with Crippen LogP contribution < -0.4 is 21.3 Å². The number of aromatic nitrogens is 1. The number of hydrogen-bond donors (Lipinski definition) is 2. The summed E-state index contributed by atoms with van der Waals surface area (Å²) in [4.78, 5) is 25.0. The molecule has 0 saturated heterocycles. The maximum absolute atomic E-state index is 13.8. The SMILES string of the molecule is Cc1cc(OCc2ccc(F)cc2F)c(Br)c(=O)n1Cc1ccc(C(=O)NCCCN)cc1. The first-order valence-electron chi connectivity index (χ1n) is 10.3. The van der Waals surface area contributed by atoms with Gasteiger partial charge in [0.15, 0.2) is 0 Å². The molecule has 6 nitrogen and oxygen atoms in total. The van der Waals surface area contributed by atoms with E-state index in [0.29, 0.717) is 37.3 Å². The third-order valence-electron chi connectivity index (χ3n) is 5.04. The molecule has 2 aromatic carbocycles. The molecule has 9 heteroatoms. The highest BCUT2D eigenvalue weighted by atomic mass is 79.9. The van der Waals surface area contributed by atoms with Crippen LogP contribution in [0.15, 0.2) is 57.8 Å². The minimum absolute atomic E-state index is 0.150. The van der Waals surface area contributed by atoms with Crippen molar-refractivity contribution in [2.45, 2.75) is 26.5 Å². The molecule has 0 spiro atoms. The van der Waals surface area contributed by atoms with Crippen molar-refractivity contribution in [1.29, 1.82) is 0 Å². The molecule has 0 aliphatic heterocycles. The van der Waals surface area contributed by atoms with Gasteiger partial charge in [0, 0.05) is 35.5 Å². The van der Waals surface area contributed by atoms with Crippen molar-refractivity contribution in [2.24, 2.45) is 5.73 Å². The van der Waals surface area contributed by atoms with Crippen LogP contribution in [0, 0.1) is 18.6 Å². The normalized spacial score (nSPS) is 10.8. The summed E-state index contributed by atoms with van der Waals surface area (Å²) in [6.07, 6.45) is 0.708. The van der Waals surface area contributed by atoms with Gasteiger partial charge in [0.25, 0.3) is 11.5 Å². The zero-order chi connectivity index (χ0) is 24.0. The first-order chi connectivity index (χ1) is 15.8. The summed E-state index contributed by atoms with van der Waals surface area (Å²) in [7, 11) is 0. The summed E-state index contributed by atoms with van der Waals surface area (Å²) >= 11 is 3.27. The lowest BCUT2D eigenvalue weighted by Crippen LogP contribution is -2.26. The number of rotatable bonds is 9. The van der Waals surface area contributed by atoms with Gasteiger partial charge in [-0.15, -0.1) is 0 Å². The van der Waals surface area contributed by atoms with Crippen molar-refractivity contribution in [3.63, 3.8) is 0 Å². The lowest BCUT2D eigenvalue weighted by molar-refractivity contribution is 0.0953. The standard InChI is InChI=1S/C24H24BrF2N3O3/c1-15-11-21(33-14-18-7-8-19(26)12-20(18)27)22(25)24(32)30(15)13-16-3-5-17(6-4-16)23(31)29-10-2-9-28/h3-8,11-12H,2,9-10,13-14,28H2,1H3,(H,29,31). The number of carbonyl (C=O) groups is 1. The molecule has 0 bridgehead atoms. The maximum atomic E-state index is 13.8. The molecule has 0 aliphatic carbocycles. The van der Waals surface area contributed by atoms with Gasteiger partial charge in [-0.1, -0.05) is 12.1 Å². The highest BCUT2D eigenvalue weighted by Crippen LogP contribution is 2.24. The van der Waals surface area contributed by atoms with E-state index in [1.807, 2.05) is 0 Å². The van der Waals surface area contributed by atoms with Crippen molar-refractivity contribution in [3.05, 3.63) is 97.4 Å². The summed E-state index contributed by atoms with van der Waals surface area (Å²) in [6, 6.07) is 11.9. The summed E-state index contributed by atoms with van der Waals surface area (Å²) < 4.78 is 34.3. The second-order valence-electron chi connectivity index (χ2n) is 7.47. The average molecular weight is 520 g/mol. The predicted octanol–water partition coefficient (Wildman–Crippen LogP) is 3.90. The van der Waals surface area contributed by atoms with Gasteiger partial charge >= 0.3 is 0 Å². The number of hydrogen-bond acceptors (Lipinski definition) is 4. The minimum Gasteiger partial charge on any atom is -0.487 e. The fourth-order valence-corrected chi connectivity index (χ4v) is 3.60. The Labute approximate surface area is 198 Å². The lowest BCUT2D eigenvalue weighted by atomic mass is 10.1. The second-order valence-corrected chi connectivity index (χ2v) is 8.27. The zero-order valence-corrected chi connectivity index (χ0v) is 19.6. The molecule has 0 radical (unpaired) electrons. The van der Waals surface area contributed by atoms with Crippen LogP contribution >= 0.6 is 15.9 Å². The highest BCUT2D eigenvalue weighted by molar-refractivity contribution is 9.10. The average Bonchev–Trinajstić information content (AvgIpc) is 2.79. The van der Waals surface area contributed by atoms with Crippen molar-refractivity contribution < 1.29 is 18.3 Å². The number of ether oxygens (including phenoxy) is 1. The second kappa shape index (κ2) is 11.2. The number of nitrogens with one attached hydrogen (secondary N) is 1. The number of carbonyl (C=O) groups excluding carboxylic acids is 1. The van der Waals surface area contributed by atoms with Crippen molar-refractivity contribution in [3.8, 4) is 5.75 Å². The molecule has 0 unspecified atom stereocenters. The summed E-state index contributed by atoms with van der Waals surface area (Å²) in [6.45, 7) is 2.93.